The molecule has 0 N–H and O–H groups in total. The van der Waals surface area contributed by atoms with E-state index in [1.54, 1.807) is 0 Å². The Labute approximate surface area is 127 Å². The normalized spacial score (nSPS) is 10.9. The molecule has 0 bridgehead atoms. The van der Waals surface area contributed by atoms with Crippen LogP contribution in [0.1, 0.15) is 93.4 Å². The summed E-state index contributed by atoms with van der Waals surface area (Å²) < 4.78 is 3.92. The van der Waals surface area contributed by atoms with Gasteiger partial charge in [0.15, 0.2) is 5.78 Å². The molecule has 0 saturated carbocycles. The first kappa shape index (κ1) is 17.3. The molecular weight excluding hydrogens is 268 g/mol. The first-order valence-corrected chi connectivity index (χ1v) is 8.91. The van der Waals surface area contributed by atoms with Gasteiger partial charge < -0.3 is 0 Å². The van der Waals surface area contributed by atoms with E-state index < -0.39 is 0 Å². The van der Waals surface area contributed by atoms with Gasteiger partial charge in [-0.25, -0.2) is 0 Å². The van der Waals surface area contributed by atoms with Crippen LogP contribution in [0.5, 0.6) is 0 Å². The molecular formula is C16H28N2OS. The minimum Gasteiger partial charge on any atom is -0.293 e. The molecule has 3 nitrogen and oxygen atoms in total. The van der Waals surface area contributed by atoms with E-state index in [1.807, 2.05) is 0 Å². The predicted octanol–water partition coefficient (Wildman–Crippen LogP) is 5.20. The fourth-order valence-corrected chi connectivity index (χ4v) is 3.03. The SMILES string of the molecule is CCCCCCCCCCC(=O)c1snnc1CCC. The maximum absolute atomic E-state index is 12.1. The number of carbonyl (C=O) groups is 1. The molecule has 1 aromatic heterocycles. The number of rotatable bonds is 12. The fraction of sp³-hybridized carbons (Fsp3) is 0.812. The van der Waals surface area contributed by atoms with Gasteiger partial charge in [0.25, 0.3) is 0 Å². The Morgan fingerprint density at radius 2 is 1.60 bits per heavy atom. The first-order valence-electron chi connectivity index (χ1n) is 8.14. The minimum atomic E-state index is 0.245. The lowest BCUT2D eigenvalue weighted by molar-refractivity contribution is 0.0982. The Bertz CT molecular complexity index is 376. The van der Waals surface area contributed by atoms with Crippen molar-refractivity contribution < 1.29 is 4.79 Å². The molecule has 0 aliphatic heterocycles. The van der Waals surface area contributed by atoms with E-state index in [9.17, 15) is 4.79 Å². The Morgan fingerprint density at radius 1 is 0.950 bits per heavy atom. The molecule has 1 aromatic rings. The van der Waals surface area contributed by atoms with Gasteiger partial charge in [-0.3, -0.25) is 4.79 Å². The van der Waals surface area contributed by atoms with E-state index in [4.69, 9.17) is 0 Å². The molecule has 0 unspecified atom stereocenters. The van der Waals surface area contributed by atoms with Gasteiger partial charge in [-0.15, -0.1) is 5.10 Å². The van der Waals surface area contributed by atoms with Crippen molar-refractivity contribution in [2.45, 2.75) is 84.5 Å². The van der Waals surface area contributed by atoms with Gasteiger partial charge in [0.05, 0.1) is 5.69 Å². The van der Waals surface area contributed by atoms with Crippen LogP contribution in [0.4, 0.5) is 0 Å². The highest BCUT2D eigenvalue weighted by molar-refractivity contribution is 7.08. The van der Waals surface area contributed by atoms with Gasteiger partial charge in [0, 0.05) is 6.42 Å². The number of ketones is 1. The largest absolute Gasteiger partial charge is 0.293 e. The average molecular weight is 296 g/mol. The van der Waals surface area contributed by atoms with E-state index in [2.05, 4.69) is 23.4 Å². The number of carbonyl (C=O) groups excluding carboxylic acids is 1. The molecule has 1 rings (SSSR count). The van der Waals surface area contributed by atoms with Crippen molar-refractivity contribution in [3.63, 3.8) is 0 Å². The van der Waals surface area contributed by atoms with E-state index >= 15 is 0 Å². The summed E-state index contributed by atoms with van der Waals surface area (Å²) in [6.45, 7) is 4.35. The van der Waals surface area contributed by atoms with Crippen LogP contribution in [-0.4, -0.2) is 15.4 Å². The Hall–Kier alpha value is -0.770. The number of unbranched alkanes of at least 4 members (excludes halogenated alkanes) is 7. The second kappa shape index (κ2) is 11.0. The molecule has 0 atom stereocenters. The Morgan fingerprint density at radius 3 is 2.25 bits per heavy atom. The summed E-state index contributed by atoms with van der Waals surface area (Å²) in [5, 5.41) is 4.06. The third-order valence-corrected chi connectivity index (χ3v) is 4.36. The van der Waals surface area contributed by atoms with Crippen molar-refractivity contribution in [3.05, 3.63) is 10.6 Å². The Kier molecular flexibility index (Phi) is 9.46. The van der Waals surface area contributed by atoms with Crippen LogP contribution in [0.3, 0.4) is 0 Å². The van der Waals surface area contributed by atoms with Gasteiger partial charge >= 0.3 is 0 Å². The maximum Gasteiger partial charge on any atom is 0.176 e. The van der Waals surface area contributed by atoms with Gasteiger partial charge in [-0.1, -0.05) is 69.7 Å². The van der Waals surface area contributed by atoms with Crippen molar-refractivity contribution in [1.29, 1.82) is 0 Å². The van der Waals surface area contributed by atoms with Crippen molar-refractivity contribution in [2.75, 3.05) is 0 Å². The van der Waals surface area contributed by atoms with Crippen LogP contribution in [0, 0.1) is 0 Å². The predicted molar refractivity (Wildman–Crippen MR) is 85.5 cm³/mol. The molecule has 4 heteroatoms. The standard InChI is InChI=1S/C16H28N2OS/c1-3-5-6-7-8-9-10-11-13-15(19)16-14(12-4-2)17-18-20-16/h3-13H2,1-2H3. The topological polar surface area (TPSA) is 42.9 Å². The van der Waals surface area contributed by atoms with Crippen LogP contribution in [-0.2, 0) is 6.42 Å². The fourth-order valence-electron chi connectivity index (χ4n) is 2.35. The Balaban J connectivity index is 2.12. The molecule has 0 saturated heterocycles. The minimum absolute atomic E-state index is 0.245. The first-order chi connectivity index (χ1) is 9.79. The van der Waals surface area contributed by atoms with Crippen LogP contribution in [0.2, 0.25) is 0 Å². The zero-order chi connectivity index (χ0) is 14.6. The second-order valence-electron chi connectivity index (χ2n) is 5.45. The number of aromatic nitrogens is 2. The third kappa shape index (κ3) is 6.60. The summed E-state index contributed by atoms with van der Waals surface area (Å²) in [7, 11) is 0. The van der Waals surface area contributed by atoms with Gasteiger partial charge in [0.2, 0.25) is 0 Å². The molecule has 114 valence electrons. The average Bonchev–Trinajstić information content (AvgIpc) is 2.90. The lowest BCUT2D eigenvalue weighted by Gasteiger charge is -2.02. The van der Waals surface area contributed by atoms with Crippen LogP contribution in [0.15, 0.2) is 0 Å². The summed E-state index contributed by atoms with van der Waals surface area (Å²) in [6.07, 6.45) is 12.7. The summed E-state index contributed by atoms with van der Waals surface area (Å²) in [4.78, 5) is 12.9. The number of aryl methyl sites for hydroxylation is 1. The summed E-state index contributed by atoms with van der Waals surface area (Å²) in [6, 6.07) is 0. The molecule has 0 aromatic carbocycles. The zero-order valence-corrected chi connectivity index (χ0v) is 13.8. The number of nitrogens with zero attached hydrogens (tertiary/aromatic N) is 2. The highest BCUT2D eigenvalue weighted by Crippen LogP contribution is 2.17. The molecule has 0 radical (unpaired) electrons. The lowest BCUT2D eigenvalue weighted by atomic mass is 10.0. The van der Waals surface area contributed by atoms with E-state index in [0.29, 0.717) is 6.42 Å². The molecule has 0 fully saturated rings. The smallest absolute Gasteiger partial charge is 0.176 e. The second-order valence-corrected chi connectivity index (χ2v) is 6.20. The van der Waals surface area contributed by atoms with Gasteiger partial charge in [-0.05, 0) is 24.4 Å². The monoisotopic (exact) mass is 296 g/mol. The van der Waals surface area contributed by atoms with Crippen molar-refractivity contribution in [2.24, 2.45) is 0 Å². The molecule has 20 heavy (non-hydrogen) atoms. The van der Waals surface area contributed by atoms with Gasteiger partial charge in [-0.2, -0.15) is 0 Å². The van der Waals surface area contributed by atoms with E-state index in [1.165, 1.54) is 56.5 Å². The molecule has 0 spiro atoms. The lowest BCUT2D eigenvalue weighted by Crippen LogP contribution is -2.01. The summed E-state index contributed by atoms with van der Waals surface area (Å²) >= 11 is 1.26. The van der Waals surface area contributed by atoms with Crippen molar-refractivity contribution in [1.82, 2.24) is 9.59 Å². The quantitative estimate of drug-likeness (QED) is 0.393. The van der Waals surface area contributed by atoms with Gasteiger partial charge in [0.1, 0.15) is 4.88 Å². The number of Topliss-reactive ketones (excluding diaryl/α,β-unsaturated/α-hetero) is 1. The van der Waals surface area contributed by atoms with Crippen LogP contribution < -0.4 is 0 Å². The molecule has 1 heterocycles. The number of hydrogen-bond acceptors (Lipinski definition) is 4. The molecule has 0 amide bonds. The summed E-state index contributed by atoms with van der Waals surface area (Å²) in [5.74, 6) is 0.245. The highest BCUT2D eigenvalue weighted by atomic mass is 32.1. The van der Waals surface area contributed by atoms with E-state index in [-0.39, 0.29) is 5.78 Å². The zero-order valence-electron chi connectivity index (χ0n) is 13.0. The van der Waals surface area contributed by atoms with E-state index in [0.717, 1.165) is 29.8 Å². The molecule has 0 aliphatic carbocycles. The highest BCUT2D eigenvalue weighted by Gasteiger charge is 2.14. The van der Waals surface area contributed by atoms with Crippen LogP contribution in [0.25, 0.3) is 0 Å². The summed E-state index contributed by atoms with van der Waals surface area (Å²) in [5.41, 5.74) is 0.905. The third-order valence-electron chi connectivity index (χ3n) is 3.55. The molecule has 0 aliphatic rings. The van der Waals surface area contributed by atoms with Crippen molar-refractivity contribution in [3.8, 4) is 0 Å². The van der Waals surface area contributed by atoms with Crippen molar-refractivity contribution >= 4 is 17.3 Å². The maximum atomic E-state index is 12.1. The van der Waals surface area contributed by atoms with Crippen LogP contribution >= 0.6 is 11.5 Å². The number of hydrogen-bond donors (Lipinski definition) is 0.